The molecule has 1 aliphatic rings. The lowest BCUT2D eigenvalue weighted by atomic mass is 10.2. The van der Waals surface area contributed by atoms with Crippen LogP contribution in [0.2, 0.25) is 0 Å². The van der Waals surface area contributed by atoms with Crippen molar-refractivity contribution < 1.29 is 4.43 Å². The summed E-state index contributed by atoms with van der Waals surface area (Å²) in [6, 6.07) is 0.926. The van der Waals surface area contributed by atoms with Gasteiger partial charge in [0.05, 0.1) is 0 Å². The van der Waals surface area contributed by atoms with Crippen molar-refractivity contribution in [2.75, 3.05) is 20.2 Å². The Kier molecular flexibility index (Phi) is 8.81. The van der Waals surface area contributed by atoms with Crippen molar-refractivity contribution in [3.05, 3.63) is 0 Å². The zero-order valence-electron chi connectivity index (χ0n) is 9.68. The van der Waals surface area contributed by atoms with Crippen molar-refractivity contribution in [1.82, 2.24) is 4.90 Å². The van der Waals surface area contributed by atoms with Gasteiger partial charge in [-0.05, 0) is 25.9 Å². The average molecular weight is 203 g/mol. The average Bonchev–Trinajstić information content (AvgIpc) is 2.61. The molecule has 0 aromatic rings. The smallest absolute Gasteiger partial charge is 0.145 e. The van der Waals surface area contributed by atoms with Crippen molar-refractivity contribution in [1.29, 1.82) is 0 Å². The highest BCUT2D eigenvalue weighted by molar-refractivity contribution is 5.97. The summed E-state index contributed by atoms with van der Waals surface area (Å²) in [5, 5.41) is 0. The Morgan fingerprint density at radius 1 is 1.23 bits per heavy atom. The van der Waals surface area contributed by atoms with Gasteiger partial charge in [0.1, 0.15) is 10.5 Å². The van der Waals surface area contributed by atoms with Crippen molar-refractivity contribution in [3.63, 3.8) is 0 Å². The van der Waals surface area contributed by atoms with Gasteiger partial charge in [0, 0.05) is 13.2 Å². The minimum atomic E-state index is 0.869. The molecule has 1 aliphatic carbocycles. The van der Waals surface area contributed by atoms with Crippen LogP contribution < -0.4 is 0 Å². The van der Waals surface area contributed by atoms with E-state index in [9.17, 15) is 0 Å². The van der Waals surface area contributed by atoms with Crippen molar-refractivity contribution >= 4 is 10.5 Å². The van der Waals surface area contributed by atoms with E-state index in [1.165, 1.54) is 38.8 Å². The fourth-order valence-corrected chi connectivity index (χ4v) is 2.01. The highest BCUT2D eigenvalue weighted by atomic mass is 28.2. The molecule has 0 N–H and O–H groups in total. The van der Waals surface area contributed by atoms with Crippen molar-refractivity contribution in [3.8, 4) is 0 Å². The van der Waals surface area contributed by atoms with Gasteiger partial charge < -0.3 is 9.33 Å². The SMILES string of the molecule is CCN(CC)C1CCCC1.CO[SiH3]. The summed E-state index contributed by atoms with van der Waals surface area (Å²) in [4.78, 5) is 2.59. The Labute approximate surface area is 86.2 Å². The largest absolute Gasteiger partial charge is 0.431 e. The Morgan fingerprint density at radius 2 is 1.62 bits per heavy atom. The van der Waals surface area contributed by atoms with E-state index in [-0.39, 0.29) is 0 Å². The van der Waals surface area contributed by atoms with Crippen LogP contribution >= 0.6 is 0 Å². The van der Waals surface area contributed by atoms with E-state index in [0.29, 0.717) is 0 Å². The standard InChI is InChI=1S/C9H19N.CH6OSi/c1-3-10(4-2)9-7-5-6-8-9;1-2-3/h9H,3-8H2,1-2H3;1,3H3. The van der Waals surface area contributed by atoms with Crippen molar-refractivity contribution in [2.24, 2.45) is 0 Å². The maximum atomic E-state index is 4.39. The highest BCUT2D eigenvalue weighted by Gasteiger charge is 2.19. The van der Waals surface area contributed by atoms with E-state index in [1.54, 1.807) is 7.11 Å². The maximum absolute atomic E-state index is 4.39. The fourth-order valence-electron chi connectivity index (χ4n) is 2.01. The highest BCUT2D eigenvalue weighted by Crippen LogP contribution is 2.22. The van der Waals surface area contributed by atoms with E-state index in [2.05, 4.69) is 23.2 Å². The van der Waals surface area contributed by atoms with Crippen LogP contribution in [-0.2, 0) is 4.43 Å². The lowest BCUT2D eigenvalue weighted by molar-refractivity contribution is 0.220. The third-order valence-electron chi connectivity index (χ3n) is 2.65. The van der Waals surface area contributed by atoms with Gasteiger partial charge in [-0.3, -0.25) is 0 Å². The summed E-state index contributed by atoms with van der Waals surface area (Å²) in [6.45, 7) is 7.01. The van der Waals surface area contributed by atoms with Crippen LogP contribution in [0.15, 0.2) is 0 Å². The molecule has 1 fully saturated rings. The van der Waals surface area contributed by atoms with Gasteiger partial charge >= 0.3 is 0 Å². The minimum Gasteiger partial charge on any atom is -0.431 e. The molecular formula is C10H25NOSi. The van der Waals surface area contributed by atoms with E-state index in [1.807, 2.05) is 0 Å². The van der Waals surface area contributed by atoms with Crippen molar-refractivity contribution in [2.45, 2.75) is 45.6 Å². The Bertz CT molecular complexity index is 101. The molecule has 3 heteroatoms. The predicted octanol–water partition coefficient (Wildman–Crippen LogP) is 1.18. The third kappa shape index (κ3) is 5.44. The molecule has 0 amide bonds. The first-order chi connectivity index (χ1) is 6.29. The third-order valence-corrected chi connectivity index (χ3v) is 2.65. The van der Waals surface area contributed by atoms with E-state index < -0.39 is 0 Å². The van der Waals surface area contributed by atoms with Crippen LogP contribution in [-0.4, -0.2) is 41.6 Å². The molecule has 2 nitrogen and oxygen atoms in total. The predicted molar refractivity (Wildman–Crippen MR) is 62.1 cm³/mol. The minimum absolute atomic E-state index is 0.869. The lowest BCUT2D eigenvalue weighted by Crippen LogP contribution is -2.32. The summed E-state index contributed by atoms with van der Waals surface area (Å²) in [7, 11) is 2.56. The Morgan fingerprint density at radius 3 is 1.92 bits per heavy atom. The molecule has 0 atom stereocenters. The second-order valence-electron chi connectivity index (χ2n) is 3.57. The van der Waals surface area contributed by atoms with Gasteiger partial charge in [0.2, 0.25) is 0 Å². The molecule has 80 valence electrons. The van der Waals surface area contributed by atoms with Crippen LogP contribution in [0.1, 0.15) is 39.5 Å². The maximum Gasteiger partial charge on any atom is 0.145 e. The fraction of sp³-hybridized carbons (Fsp3) is 1.00. The van der Waals surface area contributed by atoms with Crippen LogP contribution in [0.3, 0.4) is 0 Å². The second kappa shape index (κ2) is 8.72. The molecule has 1 rings (SSSR count). The van der Waals surface area contributed by atoms with Crippen LogP contribution in [0.25, 0.3) is 0 Å². The van der Waals surface area contributed by atoms with E-state index in [0.717, 1.165) is 16.5 Å². The molecule has 1 saturated carbocycles. The monoisotopic (exact) mass is 203 g/mol. The molecule has 13 heavy (non-hydrogen) atoms. The molecule has 0 aromatic heterocycles. The topological polar surface area (TPSA) is 12.5 Å². The van der Waals surface area contributed by atoms with E-state index in [4.69, 9.17) is 0 Å². The molecule has 0 spiro atoms. The normalized spacial score (nSPS) is 17.5. The molecule has 0 radical (unpaired) electrons. The number of hydrogen-bond acceptors (Lipinski definition) is 2. The molecule has 0 heterocycles. The van der Waals surface area contributed by atoms with Crippen LogP contribution in [0.5, 0.6) is 0 Å². The Hall–Kier alpha value is 0.137. The number of rotatable bonds is 3. The summed E-state index contributed by atoms with van der Waals surface area (Å²) in [5.41, 5.74) is 0. The first-order valence-electron chi connectivity index (χ1n) is 5.44. The van der Waals surface area contributed by atoms with Gasteiger partial charge in [-0.1, -0.05) is 26.7 Å². The molecule has 0 aliphatic heterocycles. The molecule has 0 bridgehead atoms. The Balaban J connectivity index is 0.000000424. The molecular weight excluding hydrogens is 178 g/mol. The summed E-state index contributed by atoms with van der Waals surface area (Å²) < 4.78 is 4.39. The van der Waals surface area contributed by atoms with Gasteiger partial charge in [-0.25, -0.2) is 0 Å². The second-order valence-corrected chi connectivity index (χ2v) is 4.38. The molecule has 0 aromatic carbocycles. The van der Waals surface area contributed by atoms with Gasteiger partial charge in [0.15, 0.2) is 0 Å². The first kappa shape index (κ1) is 13.1. The van der Waals surface area contributed by atoms with Crippen LogP contribution in [0.4, 0.5) is 0 Å². The lowest BCUT2D eigenvalue weighted by Gasteiger charge is -2.25. The van der Waals surface area contributed by atoms with E-state index >= 15 is 0 Å². The van der Waals surface area contributed by atoms with Gasteiger partial charge in [-0.2, -0.15) is 0 Å². The quantitative estimate of drug-likeness (QED) is 0.639. The zero-order chi connectivity index (χ0) is 10.1. The number of hydrogen-bond donors (Lipinski definition) is 0. The number of nitrogens with zero attached hydrogens (tertiary/aromatic N) is 1. The summed E-state index contributed by atoms with van der Waals surface area (Å²) >= 11 is 0. The summed E-state index contributed by atoms with van der Waals surface area (Å²) in [5.74, 6) is 0. The molecule has 0 unspecified atom stereocenters. The van der Waals surface area contributed by atoms with Gasteiger partial charge in [0.25, 0.3) is 0 Å². The van der Waals surface area contributed by atoms with Gasteiger partial charge in [-0.15, -0.1) is 0 Å². The zero-order valence-corrected chi connectivity index (χ0v) is 11.7. The molecule has 0 saturated heterocycles. The van der Waals surface area contributed by atoms with Crippen LogP contribution in [0, 0.1) is 0 Å². The summed E-state index contributed by atoms with van der Waals surface area (Å²) in [6.07, 6.45) is 5.81. The first-order valence-corrected chi connectivity index (χ1v) is 6.25.